The summed E-state index contributed by atoms with van der Waals surface area (Å²) in [7, 11) is 0. The molecular formula is C18H17N3O2. The van der Waals surface area contributed by atoms with Crippen LogP contribution in [0.15, 0.2) is 66.9 Å². The smallest absolute Gasteiger partial charge is 0.272 e. The van der Waals surface area contributed by atoms with Gasteiger partial charge in [0.25, 0.3) is 5.91 Å². The van der Waals surface area contributed by atoms with Crippen LogP contribution in [0.5, 0.6) is 0 Å². The maximum absolute atomic E-state index is 12.2. The van der Waals surface area contributed by atoms with E-state index in [1.165, 1.54) is 0 Å². The van der Waals surface area contributed by atoms with Crippen LogP contribution < -0.4 is 5.32 Å². The molecule has 2 N–H and O–H groups in total. The molecule has 5 heteroatoms. The highest BCUT2D eigenvalue weighted by Gasteiger charge is 2.10. The zero-order chi connectivity index (χ0) is 16.1. The number of aromatic nitrogens is 2. The van der Waals surface area contributed by atoms with Crippen LogP contribution in [0.4, 0.5) is 0 Å². The summed E-state index contributed by atoms with van der Waals surface area (Å²) in [4.78, 5) is 12.2. The standard InChI is InChI=1S/C18H17N3O2/c22-13-15-7-5-4-6-14(15)12-19-18(23)17-10-11-21(20-17)16-8-2-1-3-9-16/h1-11,22H,12-13H2,(H,19,23). The molecule has 116 valence electrons. The van der Waals surface area contributed by atoms with Crippen molar-refractivity contribution >= 4 is 5.91 Å². The second-order valence-electron chi connectivity index (χ2n) is 5.09. The maximum Gasteiger partial charge on any atom is 0.272 e. The van der Waals surface area contributed by atoms with Crippen LogP contribution >= 0.6 is 0 Å². The molecule has 2 aromatic carbocycles. The molecule has 0 aliphatic rings. The number of nitrogens with one attached hydrogen (secondary N) is 1. The quantitative estimate of drug-likeness (QED) is 0.760. The Hall–Kier alpha value is -2.92. The number of aliphatic hydroxyl groups is 1. The van der Waals surface area contributed by atoms with Crippen LogP contribution in [0.25, 0.3) is 5.69 Å². The van der Waals surface area contributed by atoms with E-state index in [1.54, 1.807) is 16.9 Å². The Kier molecular flexibility index (Phi) is 4.49. The SMILES string of the molecule is O=C(NCc1ccccc1CO)c1ccn(-c2ccccc2)n1. The summed E-state index contributed by atoms with van der Waals surface area (Å²) in [6.45, 7) is 0.308. The second-order valence-corrected chi connectivity index (χ2v) is 5.09. The first kappa shape index (κ1) is 15.0. The second kappa shape index (κ2) is 6.89. The number of amides is 1. The normalized spacial score (nSPS) is 10.5. The van der Waals surface area contributed by atoms with Gasteiger partial charge in [0.15, 0.2) is 5.69 Å². The largest absolute Gasteiger partial charge is 0.392 e. The van der Waals surface area contributed by atoms with E-state index < -0.39 is 0 Å². The Bertz CT molecular complexity index is 797. The highest BCUT2D eigenvalue weighted by molar-refractivity contribution is 5.92. The number of rotatable bonds is 5. The van der Waals surface area contributed by atoms with E-state index in [-0.39, 0.29) is 12.5 Å². The molecule has 1 amide bonds. The van der Waals surface area contributed by atoms with Crippen molar-refractivity contribution in [3.05, 3.63) is 83.7 Å². The number of carbonyl (C=O) groups is 1. The molecule has 0 spiro atoms. The minimum Gasteiger partial charge on any atom is -0.392 e. The van der Waals surface area contributed by atoms with E-state index in [0.717, 1.165) is 16.8 Å². The molecule has 0 aliphatic heterocycles. The number of hydrogen-bond acceptors (Lipinski definition) is 3. The van der Waals surface area contributed by atoms with Crippen molar-refractivity contribution in [1.29, 1.82) is 0 Å². The van der Waals surface area contributed by atoms with Crippen LogP contribution in [0.2, 0.25) is 0 Å². The molecule has 1 aromatic heterocycles. The van der Waals surface area contributed by atoms with Gasteiger partial charge in [-0.15, -0.1) is 0 Å². The van der Waals surface area contributed by atoms with Crippen molar-refractivity contribution in [2.24, 2.45) is 0 Å². The summed E-state index contributed by atoms with van der Waals surface area (Å²) in [5, 5.41) is 16.4. The predicted molar refractivity (Wildman–Crippen MR) is 87.1 cm³/mol. The Balaban J connectivity index is 1.68. The minimum absolute atomic E-state index is 0.0469. The van der Waals surface area contributed by atoms with Crippen LogP contribution in [-0.4, -0.2) is 20.8 Å². The zero-order valence-electron chi connectivity index (χ0n) is 12.5. The first-order valence-corrected chi connectivity index (χ1v) is 7.35. The lowest BCUT2D eigenvalue weighted by atomic mass is 10.1. The molecule has 5 nitrogen and oxygen atoms in total. The molecule has 1 heterocycles. The van der Waals surface area contributed by atoms with Crippen molar-refractivity contribution in [1.82, 2.24) is 15.1 Å². The summed E-state index contributed by atoms with van der Waals surface area (Å²) in [5.41, 5.74) is 2.96. The van der Waals surface area contributed by atoms with E-state index in [0.29, 0.717) is 12.2 Å². The van der Waals surface area contributed by atoms with Crippen molar-refractivity contribution in [2.45, 2.75) is 13.2 Å². The van der Waals surface area contributed by atoms with Crippen molar-refractivity contribution in [3.63, 3.8) is 0 Å². The van der Waals surface area contributed by atoms with Gasteiger partial charge in [0.05, 0.1) is 12.3 Å². The van der Waals surface area contributed by atoms with E-state index >= 15 is 0 Å². The molecule has 0 atom stereocenters. The average Bonchev–Trinajstić information content (AvgIpc) is 3.11. The average molecular weight is 307 g/mol. The van der Waals surface area contributed by atoms with Gasteiger partial charge < -0.3 is 10.4 Å². The fraction of sp³-hybridized carbons (Fsp3) is 0.111. The summed E-state index contributed by atoms with van der Waals surface area (Å²) < 4.78 is 1.66. The third-order valence-corrected chi connectivity index (χ3v) is 3.57. The van der Waals surface area contributed by atoms with Gasteiger partial charge in [0, 0.05) is 12.7 Å². The molecule has 23 heavy (non-hydrogen) atoms. The van der Waals surface area contributed by atoms with Gasteiger partial charge in [0.1, 0.15) is 0 Å². The van der Waals surface area contributed by atoms with E-state index in [9.17, 15) is 9.90 Å². The molecule has 0 fully saturated rings. The number of aliphatic hydroxyl groups excluding tert-OH is 1. The number of benzene rings is 2. The lowest BCUT2D eigenvalue weighted by molar-refractivity contribution is 0.0945. The van der Waals surface area contributed by atoms with Crippen molar-refractivity contribution in [3.8, 4) is 5.69 Å². The Morgan fingerprint density at radius 3 is 2.43 bits per heavy atom. The highest BCUT2D eigenvalue weighted by atomic mass is 16.3. The van der Waals surface area contributed by atoms with Gasteiger partial charge in [-0.2, -0.15) is 5.10 Å². The molecule has 0 bridgehead atoms. The lowest BCUT2D eigenvalue weighted by Crippen LogP contribution is -2.24. The van der Waals surface area contributed by atoms with Gasteiger partial charge in [-0.05, 0) is 29.3 Å². The Morgan fingerprint density at radius 2 is 1.70 bits per heavy atom. The monoisotopic (exact) mass is 307 g/mol. The van der Waals surface area contributed by atoms with Crippen molar-refractivity contribution < 1.29 is 9.90 Å². The minimum atomic E-state index is -0.243. The first-order chi connectivity index (χ1) is 11.3. The number of hydrogen-bond donors (Lipinski definition) is 2. The Morgan fingerprint density at radius 1 is 1.00 bits per heavy atom. The molecule has 0 unspecified atom stereocenters. The highest BCUT2D eigenvalue weighted by Crippen LogP contribution is 2.09. The van der Waals surface area contributed by atoms with Crippen molar-refractivity contribution in [2.75, 3.05) is 0 Å². The molecule has 0 aliphatic carbocycles. The van der Waals surface area contributed by atoms with Crippen LogP contribution in [-0.2, 0) is 13.2 Å². The summed E-state index contributed by atoms with van der Waals surface area (Å²) in [5.74, 6) is -0.243. The van der Waals surface area contributed by atoms with Gasteiger partial charge >= 0.3 is 0 Å². The molecular weight excluding hydrogens is 290 g/mol. The van der Waals surface area contributed by atoms with Gasteiger partial charge in [-0.25, -0.2) is 4.68 Å². The zero-order valence-corrected chi connectivity index (χ0v) is 12.5. The molecule has 3 aromatic rings. The fourth-order valence-electron chi connectivity index (χ4n) is 2.32. The van der Waals surface area contributed by atoms with Gasteiger partial charge in [-0.3, -0.25) is 4.79 Å². The first-order valence-electron chi connectivity index (χ1n) is 7.35. The third kappa shape index (κ3) is 3.46. The predicted octanol–water partition coefficient (Wildman–Crippen LogP) is 2.29. The lowest BCUT2D eigenvalue weighted by Gasteiger charge is -2.08. The number of nitrogens with zero attached hydrogens (tertiary/aromatic N) is 2. The molecule has 0 saturated heterocycles. The summed E-state index contributed by atoms with van der Waals surface area (Å²) in [6.07, 6.45) is 1.76. The fourth-order valence-corrected chi connectivity index (χ4v) is 2.32. The molecule has 0 radical (unpaired) electrons. The summed E-state index contributed by atoms with van der Waals surface area (Å²) >= 11 is 0. The van der Waals surface area contributed by atoms with Gasteiger partial charge in [0.2, 0.25) is 0 Å². The topological polar surface area (TPSA) is 67.2 Å². The van der Waals surface area contributed by atoms with Crippen LogP contribution in [0.1, 0.15) is 21.6 Å². The van der Waals surface area contributed by atoms with Crippen LogP contribution in [0.3, 0.4) is 0 Å². The van der Waals surface area contributed by atoms with Crippen LogP contribution in [0, 0.1) is 0 Å². The molecule has 0 saturated carbocycles. The van der Waals surface area contributed by atoms with E-state index in [1.807, 2.05) is 54.6 Å². The van der Waals surface area contributed by atoms with E-state index in [2.05, 4.69) is 10.4 Å². The van der Waals surface area contributed by atoms with Gasteiger partial charge in [-0.1, -0.05) is 42.5 Å². The third-order valence-electron chi connectivity index (χ3n) is 3.57. The molecule has 3 rings (SSSR count). The number of carbonyl (C=O) groups excluding carboxylic acids is 1. The Labute approximate surface area is 134 Å². The maximum atomic E-state index is 12.2. The summed E-state index contributed by atoms with van der Waals surface area (Å²) in [6, 6.07) is 18.8. The van der Waals surface area contributed by atoms with E-state index in [4.69, 9.17) is 0 Å². The number of para-hydroxylation sites is 1.